The van der Waals surface area contributed by atoms with Gasteiger partial charge in [-0.3, -0.25) is 9.69 Å². The van der Waals surface area contributed by atoms with Gasteiger partial charge in [-0.25, -0.2) is 0 Å². The summed E-state index contributed by atoms with van der Waals surface area (Å²) in [5.41, 5.74) is -0.166. The molecular formula is C17H23F3N2O2. The maximum absolute atomic E-state index is 12.9. The Kier molecular flexibility index (Phi) is 5.87. The number of halogens is 3. The van der Waals surface area contributed by atoms with Gasteiger partial charge in [-0.1, -0.05) is 12.1 Å². The van der Waals surface area contributed by atoms with Crippen LogP contribution in [0.4, 0.5) is 13.2 Å². The zero-order valence-corrected chi connectivity index (χ0v) is 13.9. The molecule has 1 heterocycles. The Morgan fingerprint density at radius 3 is 2.75 bits per heavy atom. The van der Waals surface area contributed by atoms with E-state index < -0.39 is 17.8 Å². The Hall–Kier alpha value is -1.60. The van der Waals surface area contributed by atoms with Gasteiger partial charge < -0.3 is 10.0 Å². The van der Waals surface area contributed by atoms with E-state index in [0.717, 1.165) is 12.1 Å². The molecule has 1 aromatic carbocycles. The molecule has 1 aromatic rings. The van der Waals surface area contributed by atoms with E-state index in [1.54, 1.807) is 18.0 Å². The fourth-order valence-corrected chi connectivity index (χ4v) is 3.00. The standard InChI is InChI=1S/C17H23F3N2O2/c1-3-21(2)16(24)7-8-22-11-14(23)10-15(22)12-5-4-6-13(9-12)17(18,19)20/h4-6,9,14-15,23H,3,7-8,10-11H2,1-2H3/t14-,15-/m0/s1. The summed E-state index contributed by atoms with van der Waals surface area (Å²) in [6.45, 7) is 3.27. The van der Waals surface area contributed by atoms with Gasteiger partial charge >= 0.3 is 6.18 Å². The highest BCUT2D eigenvalue weighted by molar-refractivity contribution is 5.76. The van der Waals surface area contributed by atoms with Crippen LogP contribution in [0.5, 0.6) is 0 Å². The Balaban J connectivity index is 2.11. The molecule has 134 valence electrons. The van der Waals surface area contributed by atoms with E-state index in [9.17, 15) is 23.1 Å². The molecule has 0 aliphatic carbocycles. The number of nitrogens with zero attached hydrogens (tertiary/aromatic N) is 2. The first-order chi connectivity index (χ1) is 11.2. The van der Waals surface area contributed by atoms with Crippen LogP contribution in [0.25, 0.3) is 0 Å². The first-order valence-corrected chi connectivity index (χ1v) is 8.05. The van der Waals surface area contributed by atoms with Crippen LogP contribution < -0.4 is 0 Å². The number of rotatable bonds is 5. The molecule has 1 N–H and O–H groups in total. The number of amides is 1. The van der Waals surface area contributed by atoms with E-state index in [2.05, 4.69) is 0 Å². The number of benzene rings is 1. The van der Waals surface area contributed by atoms with Gasteiger partial charge in [0, 0.05) is 39.1 Å². The minimum absolute atomic E-state index is 0.0123. The van der Waals surface area contributed by atoms with Gasteiger partial charge in [0.1, 0.15) is 0 Å². The first-order valence-electron chi connectivity index (χ1n) is 8.05. The van der Waals surface area contributed by atoms with Crippen molar-refractivity contribution in [2.24, 2.45) is 0 Å². The Morgan fingerprint density at radius 2 is 2.12 bits per heavy atom. The van der Waals surface area contributed by atoms with Gasteiger partial charge in [0.15, 0.2) is 0 Å². The van der Waals surface area contributed by atoms with Crippen molar-refractivity contribution in [3.05, 3.63) is 35.4 Å². The topological polar surface area (TPSA) is 43.8 Å². The van der Waals surface area contributed by atoms with Crippen molar-refractivity contribution in [1.82, 2.24) is 9.80 Å². The van der Waals surface area contributed by atoms with E-state index in [1.165, 1.54) is 6.07 Å². The number of hydrogen-bond donors (Lipinski definition) is 1. The lowest BCUT2D eigenvalue weighted by Gasteiger charge is -2.25. The van der Waals surface area contributed by atoms with Gasteiger partial charge in [0.25, 0.3) is 0 Å². The lowest BCUT2D eigenvalue weighted by atomic mass is 10.0. The van der Waals surface area contributed by atoms with Gasteiger partial charge in [-0.05, 0) is 31.0 Å². The number of carbonyl (C=O) groups excluding carboxylic acids is 1. The molecule has 2 rings (SSSR count). The minimum atomic E-state index is -4.39. The predicted molar refractivity (Wildman–Crippen MR) is 84.3 cm³/mol. The Labute approximate surface area is 139 Å². The van der Waals surface area contributed by atoms with Crippen molar-refractivity contribution in [3.63, 3.8) is 0 Å². The summed E-state index contributed by atoms with van der Waals surface area (Å²) < 4.78 is 38.7. The van der Waals surface area contributed by atoms with Gasteiger partial charge in [-0.2, -0.15) is 13.2 Å². The van der Waals surface area contributed by atoms with Gasteiger partial charge in [0.2, 0.25) is 5.91 Å². The monoisotopic (exact) mass is 344 g/mol. The molecule has 0 saturated carbocycles. The highest BCUT2D eigenvalue weighted by atomic mass is 19.4. The van der Waals surface area contributed by atoms with E-state index >= 15 is 0 Å². The second kappa shape index (κ2) is 7.53. The molecule has 0 spiro atoms. The third-order valence-corrected chi connectivity index (χ3v) is 4.49. The van der Waals surface area contributed by atoms with Gasteiger partial charge in [-0.15, -0.1) is 0 Å². The summed E-state index contributed by atoms with van der Waals surface area (Å²) in [5, 5.41) is 9.92. The SMILES string of the molecule is CCN(C)C(=O)CCN1C[C@@H](O)C[C@H]1c1cccc(C(F)(F)F)c1. The number of aliphatic hydroxyl groups is 1. The van der Waals surface area contributed by atoms with Crippen LogP contribution >= 0.6 is 0 Å². The van der Waals surface area contributed by atoms with Crippen molar-refractivity contribution in [3.8, 4) is 0 Å². The Morgan fingerprint density at radius 1 is 1.42 bits per heavy atom. The summed E-state index contributed by atoms with van der Waals surface area (Å²) in [6, 6.07) is 4.90. The van der Waals surface area contributed by atoms with E-state index in [0.29, 0.717) is 31.6 Å². The molecular weight excluding hydrogens is 321 g/mol. The maximum atomic E-state index is 12.9. The molecule has 2 atom stereocenters. The number of aliphatic hydroxyl groups excluding tert-OH is 1. The molecule has 1 aliphatic rings. The number of likely N-dealkylation sites (tertiary alicyclic amines) is 1. The molecule has 0 unspecified atom stereocenters. The van der Waals surface area contributed by atoms with Crippen LogP contribution in [0.1, 0.15) is 36.9 Å². The average Bonchev–Trinajstić information content (AvgIpc) is 2.92. The molecule has 4 nitrogen and oxygen atoms in total. The fraction of sp³-hybridized carbons (Fsp3) is 0.588. The summed E-state index contributed by atoms with van der Waals surface area (Å²) in [5.74, 6) is -0.0123. The molecule has 1 saturated heterocycles. The van der Waals surface area contributed by atoms with Crippen LogP contribution in [-0.2, 0) is 11.0 Å². The van der Waals surface area contributed by atoms with E-state index in [1.807, 2.05) is 11.8 Å². The van der Waals surface area contributed by atoms with Crippen LogP contribution in [-0.4, -0.2) is 53.6 Å². The largest absolute Gasteiger partial charge is 0.416 e. The average molecular weight is 344 g/mol. The molecule has 1 fully saturated rings. The van der Waals surface area contributed by atoms with Crippen LogP contribution in [0.2, 0.25) is 0 Å². The second-order valence-electron chi connectivity index (χ2n) is 6.18. The van der Waals surface area contributed by atoms with Crippen molar-refractivity contribution in [2.45, 2.75) is 38.1 Å². The lowest BCUT2D eigenvalue weighted by molar-refractivity contribution is -0.137. The van der Waals surface area contributed by atoms with Crippen molar-refractivity contribution in [2.75, 3.05) is 26.7 Å². The zero-order chi connectivity index (χ0) is 17.9. The van der Waals surface area contributed by atoms with Crippen LogP contribution in [0, 0.1) is 0 Å². The first kappa shape index (κ1) is 18.7. The zero-order valence-electron chi connectivity index (χ0n) is 13.9. The fourth-order valence-electron chi connectivity index (χ4n) is 3.00. The third-order valence-electron chi connectivity index (χ3n) is 4.49. The maximum Gasteiger partial charge on any atom is 0.416 e. The number of carbonyl (C=O) groups is 1. The minimum Gasteiger partial charge on any atom is -0.392 e. The summed E-state index contributed by atoms with van der Waals surface area (Å²) in [4.78, 5) is 15.4. The normalized spacial score (nSPS) is 21.9. The van der Waals surface area contributed by atoms with E-state index in [-0.39, 0.29) is 18.4 Å². The molecule has 24 heavy (non-hydrogen) atoms. The summed E-state index contributed by atoms with van der Waals surface area (Å²) >= 11 is 0. The quantitative estimate of drug-likeness (QED) is 0.893. The Bertz CT molecular complexity index is 577. The van der Waals surface area contributed by atoms with Crippen LogP contribution in [0.3, 0.4) is 0 Å². The molecule has 1 aliphatic heterocycles. The molecule has 0 radical (unpaired) electrons. The predicted octanol–water partition coefficient (Wildman–Crippen LogP) is 2.68. The second-order valence-corrected chi connectivity index (χ2v) is 6.18. The lowest BCUT2D eigenvalue weighted by Crippen LogP contribution is -2.32. The molecule has 0 bridgehead atoms. The summed E-state index contributed by atoms with van der Waals surface area (Å²) in [6.07, 6.45) is -4.33. The molecule has 1 amide bonds. The smallest absolute Gasteiger partial charge is 0.392 e. The third kappa shape index (κ3) is 4.48. The number of hydrogen-bond acceptors (Lipinski definition) is 3. The van der Waals surface area contributed by atoms with Crippen molar-refractivity contribution in [1.29, 1.82) is 0 Å². The highest BCUT2D eigenvalue weighted by Crippen LogP contribution is 2.36. The van der Waals surface area contributed by atoms with E-state index in [4.69, 9.17) is 0 Å². The molecule has 0 aromatic heterocycles. The number of alkyl halides is 3. The summed E-state index contributed by atoms with van der Waals surface area (Å²) in [7, 11) is 1.71. The van der Waals surface area contributed by atoms with Gasteiger partial charge in [0.05, 0.1) is 11.7 Å². The number of β-amino-alcohol motifs (C(OH)–C–C–N with tert-alkyl or cyclic N) is 1. The van der Waals surface area contributed by atoms with Crippen molar-refractivity contribution < 1.29 is 23.1 Å². The molecule has 7 heteroatoms. The highest BCUT2D eigenvalue weighted by Gasteiger charge is 2.35. The van der Waals surface area contributed by atoms with Crippen molar-refractivity contribution >= 4 is 5.91 Å². The van der Waals surface area contributed by atoms with Crippen LogP contribution in [0.15, 0.2) is 24.3 Å².